The lowest BCUT2D eigenvalue weighted by Crippen LogP contribution is -2.49. The fourth-order valence-corrected chi connectivity index (χ4v) is 4.82. The summed E-state index contributed by atoms with van der Waals surface area (Å²) >= 11 is 0. The van der Waals surface area contributed by atoms with Gasteiger partial charge in [0.2, 0.25) is 5.95 Å². The van der Waals surface area contributed by atoms with Crippen molar-refractivity contribution < 1.29 is 19.3 Å². The van der Waals surface area contributed by atoms with E-state index in [9.17, 15) is 14.6 Å². The van der Waals surface area contributed by atoms with Crippen LogP contribution in [0.5, 0.6) is 0 Å². The third-order valence-electron chi connectivity index (χ3n) is 6.56. The summed E-state index contributed by atoms with van der Waals surface area (Å²) in [6, 6.07) is 5.42. The first-order chi connectivity index (χ1) is 16.4. The molecule has 2 saturated heterocycles. The predicted molar refractivity (Wildman–Crippen MR) is 127 cm³/mol. The molecule has 180 valence electrons. The number of halogens is 1. The highest BCUT2D eigenvalue weighted by atomic mass is 19.1. The van der Waals surface area contributed by atoms with Crippen LogP contribution in [0.4, 0.5) is 10.3 Å². The first-order valence-corrected chi connectivity index (χ1v) is 11.8. The van der Waals surface area contributed by atoms with Gasteiger partial charge in [0.25, 0.3) is 0 Å². The standard InChI is InChI=1S/C25H30FN5O3/c1-14(2)23-16(10-31-11-17(32)12-31)8-27-20-4-3-15(7-18(20)23)24-19(26)9-28-25(30-24)29-21-5-6-34-13-22(21)33/h3-4,7-9,14,17,21-22,32-33H,5-6,10-13H2,1-2H3,(H,28,29,30)/t21-,22-/m1/s1. The Morgan fingerprint density at radius 1 is 1.21 bits per heavy atom. The minimum absolute atomic E-state index is 0.201. The molecule has 0 radical (unpaired) electrons. The molecule has 34 heavy (non-hydrogen) atoms. The molecule has 3 N–H and O–H groups in total. The molecule has 0 saturated carbocycles. The third kappa shape index (κ3) is 4.61. The molecule has 9 heteroatoms. The number of aromatic nitrogens is 3. The number of pyridine rings is 1. The van der Waals surface area contributed by atoms with Crippen molar-refractivity contribution in [1.82, 2.24) is 19.9 Å². The molecule has 4 heterocycles. The second-order valence-corrected chi connectivity index (χ2v) is 9.50. The van der Waals surface area contributed by atoms with Gasteiger partial charge in [0, 0.05) is 43.4 Å². The van der Waals surface area contributed by atoms with Gasteiger partial charge in [0.1, 0.15) is 5.69 Å². The van der Waals surface area contributed by atoms with Crippen LogP contribution in [0.25, 0.3) is 22.2 Å². The Morgan fingerprint density at radius 2 is 2.03 bits per heavy atom. The number of β-amino-alcohol motifs (C(OH)–C–C–N with tert-alkyl or cyclic N) is 1. The number of likely N-dealkylation sites (tertiary alicyclic amines) is 1. The first-order valence-electron chi connectivity index (χ1n) is 11.8. The van der Waals surface area contributed by atoms with E-state index in [0.717, 1.165) is 29.2 Å². The summed E-state index contributed by atoms with van der Waals surface area (Å²) in [5, 5.41) is 23.9. The summed E-state index contributed by atoms with van der Waals surface area (Å²) in [7, 11) is 0. The van der Waals surface area contributed by atoms with Gasteiger partial charge in [0.15, 0.2) is 5.82 Å². The van der Waals surface area contributed by atoms with Crippen LogP contribution in [0.3, 0.4) is 0 Å². The molecular weight excluding hydrogens is 437 g/mol. The predicted octanol–water partition coefficient (Wildman–Crippen LogP) is 2.69. The summed E-state index contributed by atoms with van der Waals surface area (Å²) in [4.78, 5) is 15.4. The second kappa shape index (κ2) is 9.50. The van der Waals surface area contributed by atoms with Crippen molar-refractivity contribution in [2.45, 2.75) is 51.0 Å². The third-order valence-corrected chi connectivity index (χ3v) is 6.56. The number of anilines is 1. The van der Waals surface area contributed by atoms with Crippen LogP contribution in [0.2, 0.25) is 0 Å². The maximum Gasteiger partial charge on any atom is 0.223 e. The number of fused-ring (bicyclic) bond motifs is 1. The topological polar surface area (TPSA) is 104 Å². The van der Waals surface area contributed by atoms with Crippen molar-refractivity contribution in [2.24, 2.45) is 0 Å². The number of hydrogen-bond acceptors (Lipinski definition) is 8. The molecule has 2 aliphatic heterocycles. The van der Waals surface area contributed by atoms with E-state index in [-0.39, 0.29) is 36.3 Å². The molecule has 0 aliphatic carbocycles. The number of ether oxygens (including phenoxy) is 1. The van der Waals surface area contributed by atoms with Gasteiger partial charge in [-0.3, -0.25) is 9.88 Å². The van der Waals surface area contributed by atoms with Crippen LogP contribution < -0.4 is 5.32 Å². The second-order valence-electron chi connectivity index (χ2n) is 9.50. The Hall–Kier alpha value is -2.72. The molecule has 0 spiro atoms. The Morgan fingerprint density at radius 3 is 2.76 bits per heavy atom. The number of rotatable bonds is 6. The summed E-state index contributed by atoms with van der Waals surface area (Å²) in [6.07, 6.45) is 2.76. The number of hydrogen-bond donors (Lipinski definition) is 3. The summed E-state index contributed by atoms with van der Waals surface area (Å²) in [5.74, 6) is 0.00128. The maximum atomic E-state index is 14.8. The minimum Gasteiger partial charge on any atom is -0.390 e. The normalized spacial score (nSPS) is 21.7. The van der Waals surface area contributed by atoms with E-state index in [1.54, 1.807) is 0 Å². The molecule has 2 aromatic heterocycles. The summed E-state index contributed by atoms with van der Waals surface area (Å²) in [5.41, 5.74) is 3.98. The molecule has 1 aromatic carbocycles. The first kappa shape index (κ1) is 23.0. The van der Waals surface area contributed by atoms with Gasteiger partial charge in [-0.15, -0.1) is 0 Å². The van der Waals surface area contributed by atoms with Crippen LogP contribution in [-0.4, -0.2) is 74.6 Å². The van der Waals surface area contributed by atoms with Gasteiger partial charge in [0.05, 0.1) is 36.6 Å². The van der Waals surface area contributed by atoms with Crippen LogP contribution in [0.1, 0.15) is 37.3 Å². The lowest BCUT2D eigenvalue weighted by molar-refractivity contribution is -0.0136. The summed E-state index contributed by atoms with van der Waals surface area (Å²) < 4.78 is 20.1. The van der Waals surface area contributed by atoms with Gasteiger partial charge in [-0.05, 0) is 35.6 Å². The molecule has 2 aliphatic rings. The molecule has 0 amide bonds. The van der Waals surface area contributed by atoms with Crippen LogP contribution in [0, 0.1) is 5.82 Å². The molecule has 2 fully saturated rings. The number of benzene rings is 1. The Balaban J connectivity index is 1.50. The van der Waals surface area contributed by atoms with E-state index in [4.69, 9.17) is 4.74 Å². The average molecular weight is 468 g/mol. The Labute approximate surface area is 197 Å². The van der Waals surface area contributed by atoms with E-state index < -0.39 is 11.9 Å². The van der Waals surface area contributed by atoms with Crippen molar-refractivity contribution >= 4 is 16.9 Å². The fourth-order valence-electron chi connectivity index (χ4n) is 4.82. The highest BCUT2D eigenvalue weighted by Crippen LogP contribution is 2.33. The molecule has 0 unspecified atom stereocenters. The number of nitrogens with zero attached hydrogens (tertiary/aromatic N) is 4. The minimum atomic E-state index is -0.669. The van der Waals surface area contributed by atoms with Gasteiger partial charge in [-0.25, -0.2) is 14.4 Å². The summed E-state index contributed by atoms with van der Waals surface area (Å²) in [6.45, 7) is 7.13. The number of aliphatic hydroxyl groups excluding tert-OH is 2. The highest BCUT2D eigenvalue weighted by molar-refractivity contribution is 5.88. The van der Waals surface area contributed by atoms with Crippen molar-refractivity contribution in [3.8, 4) is 11.3 Å². The van der Waals surface area contributed by atoms with Gasteiger partial charge in [-0.2, -0.15) is 0 Å². The lowest BCUT2D eigenvalue weighted by Gasteiger charge is -2.36. The number of nitrogens with one attached hydrogen (secondary N) is 1. The molecule has 3 aromatic rings. The molecule has 0 bridgehead atoms. The molecule has 5 rings (SSSR count). The van der Waals surface area contributed by atoms with Crippen LogP contribution >= 0.6 is 0 Å². The largest absolute Gasteiger partial charge is 0.390 e. The van der Waals surface area contributed by atoms with Crippen molar-refractivity contribution in [3.05, 3.63) is 47.5 Å². The van der Waals surface area contributed by atoms with Crippen LogP contribution in [0.15, 0.2) is 30.6 Å². The smallest absolute Gasteiger partial charge is 0.223 e. The van der Waals surface area contributed by atoms with E-state index in [1.165, 1.54) is 5.56 Å². The van der Waals surface area contributed by atoms with Crippen molar-refractivity contribution in [3.63, 3.8) is 0 Å². The number of aliphatic hydroxyl groups is 2. The fraction of sp³-hybridized carbons (Fsp3) is 0.480. The van der Waals surface area contributed by atoms with E-state index in [2.05, 4.69) is 39.0 Å². The van der Waals surface area contributed by atoms with Crippen molar-refractivity contribution in [2.75, 3.05) is 31.6 Å². The Bertz CT molecular complexity index is 1180. The average Bonchev–Trinajstić information content (AvgIpc) is 2.80. The van der Waals surface area contributed by atoms with E-state index in [1.807, 2.05) is 24.4 Å². The van der Waals surface area contributed by atoms with Crippen LogP contribution in [-0.2, 0) is 11.3 Å². The zero-order valence-electron chi connectivity index (χ0n) is 19.4. The molecule has 2 atom stereocenters. The molecular formula is C25H30FN5O3. The SMILES string of the molecule is CC(C)c1c(CN2CC(O)C2)cnc2ccc(-c3nc(N[C@@H]4CCOC[C@H]4O)ncc3F)cc12. The Kier molecular flexibility index (Phi) is 6.44. The zero-order valence-corrected chi connectivity index (χ0v) is 19.4. The van der Waals surface area contributed by atoms with Gasteiger partial charge >= 0.3 is 0 Å². The molecule has 8 nitrogen and oxygen atoms in total. The zero-order chi connectivity index (χ0) is 23.8. The lowest BCUT2D eigenvalue weighted by atomic mass is 9.92. The monoisotopic (exact) mass is 467 g/mol. The van der Waals surface area contributed by atoms with Gasteiger partial charge in [-0.1, -0.05) is 19.9 Å². The highest BCUT2D eigenvalue weighted by Gasteiger charge is 2.27. The maximum absolute atomic E-state index is 14.8. The quantitative estimate of drug-likeness (QED) is 0.509. The van der Waals surface area contributed by atoms with Crippen molar-refractivity contribution in [1.29, 1.82) is 0 Å². The van der Waals surface area contributed by atoms with E-state index >= 15 is 0 Å². The van der Waals surface area contributed by atoms with E-state index in [0.29, 0.717) is 31.7 Å². The van der Waals surface area contributed by atoms with Gasteiger partial charge < -0.3 is 20.3 Å².